The van der Waals surface area contributed by atoms with Gasteiger partial charge in [0.2, 0.25) is 0 Å². The molecule has 0 saturated carbocycles. The van der Waals surface area contributed by atoms with Crippen LogP contribution < -0.4 is 0 Å². The van der Waals surface area contributed by atoms with E-state index in [0.29, 0.717) is 6.42 Å². The molecule has 0 fully saturated rings. The summed E-state index contributed by atoms with van der Waals surface area (Å²) in [6, 6.07) is 0. The highest BCUT2D eigenvalue weighted by molar-refractivity contribution is 5.66. The minimum Gasteiger partial charge on any atom is -0.481 e. The Bertz CT molecular complexity index is 236. The Morgan fingerprint density at radius 1 is 0.682 bits per heavy atom. The first kappa shape index (κ1) is 21.4. The van der Waals surface area contributed by atoms with Crippen molar-refractivity contribution in [3.8, 4) is 0 Å². The summed E-state index contributed by atoms with van der Waals surface area (Å²) < 4.78 is 0. The molecule has 1 N–H and O–H groups in total. The van der Waals surface area contributed by atoms with E-state index in [1.165, 1.54) is 83.8 Å². The molecule has 3 nitrogen and oxygen atoms in total. The van der Waals surface area contributed by atoms with Crippen molar-refractivity contribution >= 4 is 5.97 Å². The summed E-state index contributed by atoms with van der Waals surface area (Å²) in [6.07, 6.45) is 15.3. The third-order valence-corrected chi connectivity index (χ3v) is 4.27. The van der Waals surface area contributed by atoms with Crippen LogP contribution in [0.4, 0.5) is 0 Å². The van der Waals surface area contributed by atoms with Crippen molar-refractivity contribution < 1.29 is 9.90 Å². The quantitative estimate of drug-likeness (QED) is 0.361. The Kier molecular flexibility index (Phi) is 16.4. The number of carboxylic acids is 1. The molecule has 0 spiro atoms. The van der Waals surface area contributed by atoms with Crippen molar-refractivity contribution in [2.75, 3.05) is 19.6 Å². The zero-order valence-electron chi connectivity index (χ0n) is 15.1. The first-order chi connectivity index (χ1) is 10.7. The number of carboxylic acid groups (broad SMARTS) is 1. The first-order valence-electron chi connectivity index (χ1n) is 9.64. The number of unbranched alkanes of at least 4 members (excludes halogenated alkanes) is 9. The Labute approximate surface area is 138 Å². The summed E-state index contributed by atoms with van der Waals surface area (Å²) in [5.74, 6) is -0.657. The van der Waals surface area contributed by atoms with Crippen molar-refractivity contribution in [3.63, 3.8) is 0 Å². The Hall–Kier alpha value is -0.570. The fourth-order valence-electron chi connectivity index (χ4n) is 2.77. The fraction of sp³-hybridized carbons (Fsp3) is 0.947. The van der Waals surface area contributed by atoms with Crippen molar-refractivity contribution in [2.45, 2.75) is 97.3 Å². The third-order valence-electron chi connectivity index (χ3n) is 4.27. The van der Waals surface area contributed by atoms with Crippen molar-refractivity contribution in [1.82, 2.24) is 4.90 Å². The number of carbonyl (C=O) groups is 1. The largest absolute Gasteiger partial charge is 0.481 e. The van der Waals surface area contributed by atoms with Crippen LogP contribution in [-0.2, 0) is 4.79 Å². The van der Waals surface area contributed by atoms with E-state index in [4.69, 9.17) is 5.11 Å². The monoisotopic (exact) mass is 313 g/mol. The topological polar surface area (TPSA) is 40.5 Å². The highest BCUT2D eigenvalue weighted by Crippen LogP contribution is 2.10. The normalized spacial score (nSPS) is 11.2. The van der Waals surface area contributed by atoms with E-state index < -0.39 is 5.97 Å². The van der Waals surface area contributed by atoms with Gasteiger partial charge in [0.05, 0.1) is 0 Å². The number of nitrogens with zero attached hydrogens (tertiary/aromatic N) is 1. The molecule has 0 unspecified atom stereocenters. The van der Waals surface area contributed by atoms with E-state index in [1.807, 2.05) is 0 Å². The van der Waals surface area contributed by atoms with Gasteiger partial charge in [0, 0.05) is 6.42 Å². The standard InChI is InChI=1S/C19H39NO2/c1-3-5-16-20(17-6-4-2)18-14-12-10-8-7-9-11-13-15-19(21)22/h3-18H2,1-2H3,(H,21,22). The predicted octanol–water partition coefficient (Wildman–Crippen LogP) is 5.48. The van der Waals surface area contributed by atoms with Gasteiger partial charge in [-0.25, -0.2) is 0 Å². The summed E-state index contributed by atoms with van der Waals surface area (Å²) in [5.41, 5.74) is 0. The molecule has 22 heavy (non-hydrogen) atoms. The summed E-state index contributed by atoms with van der Waals surface area (Å²) >= 11 is 0. The second-order valence-electron chi connectivity index (χ2n) is 6.52. The van der Waals surface area contributed by atoms with Gasteiger partial charge in [-0.15, -0.1) is 0 Å². The predicted molar refractivity (Wildman–Crippen MR) is 95.4 cm³/mol. The van der Waals surface area contributed by atoms with E-state index in [1.54, 1.807) is 0 Å². The molecule has 0 aromatic heterocycles. The minimum atomic E-state index is -0.657. The van der Waals surface area contributed by atoms with Gasteiger partial charge in [-0.3, -0.25) is 4.79 Å². The zero-order chi connectivity index (χ0) is 16.5. The van der Waals surface area contributed by atoms with Gasteiger partial charge in [0.15, 0.2) is 0 Å². The maximum atomic E-state index is 10.4. The molecule has 0 rings (SSSR count). The highest BCUT2D eigenvalue weighted by Gasteiger charge is 2.03. The Morgan fingerprint density at radius 3 is 1.55 bits per heavy atom. The lowest BCUT2D eigenvalue weighted by atomic mass is 10.1. The molecule has 0 atom stereocenters. The molecule has 0 saturated heterocycles. The number of hydrogen-bond acceptors (Lipinski definition) is 2. The van der Waals surface area contributed by atoms with Crippen LogP contribution in [0.15, 0.2) is 0 Å². The molecule has 0 aliphatic carbocycles. The van der Waals surface area contributed by atoms with Crippen molar-refractivity contribution in [1.29, 1.82) is 0 Å². The molecule has 0 aromatic carbocycles. The summed E-state index contributed by atoms with van der Waals surface area (Å²) in [4.78, 5) is 13.0. The van der Waals surface area contributed by atoms with Gasteiger partial charge in [-0.1, -0.05) is 65.2 Å². The average molecular weight is 314 g/mol. The van der Waals surface area contributed by atoms with Gasteiger partial charge in [-0.05, 0) is 45.3 Å². The van der Waals surface area contributed by atoms with E-state index in [9.17, 15) is 4.79 Å². The van der Waals surface area contributed by atoms with Gasteiger partial charge in [0.25, 0.3) is 0 Å². The van der Waals surface area contributed by atoms with Crippen LogP contribution in [0.3, 0.4) is 0 Å². The second-order valence-corrected chi connectivity index (χ2v) is 6.52. The lowest BCUT2D eigenvalue weighted by molar-refractivity contribution is -0.137. The summed E-state index contributed by atoms with van der Waals surface area (Å²) in [7, 11) is 0. The molecule has 0 heterocycles. The molecular formula is C19H39NO2. The lowest BCUT2D eigenvalue weighted by Crippen LogP contribution is -2.27. The maximum absolute atomic E-state index is 10.4. The van der Waals surface area contributed by atoms with Gasteiger partial charge in [-0.2, -0.15) is 0 Å². The van der Waals surface area contributed by atoms with Crippen LogP contribution in [0.1, 0.15) is 97.3 Å². The van der Waals surface area contributed by atoms with Gasteiger partial charge >= 0.3 is 5.97 Å². The molecule has 0 radical (unpaired) electrons. The number of rotatable bonds is 17. The zero-order valence-corrected chi connectivity index (χ0v) is 15.1. The SMILES string of the molecule is CCCCN(CCCC)CCCCCCCCCCC(=O)O. The summed E-state index contributed by atoms with van der Waals surface area (Å²) in [5, 5.41) is 8.56. The lowest BCUT2D eigenvalue weighted by Gasteiger charge is -2.21. The molecule has 0 aromatic rings. The van der Waals surface area contributed by atoms with Crippen LogP contribution in [0.2, 0.25) is 0 Å². The van der Waals surface area contributed by atoms with Crippen LogP contribution in [0.25, 0.3) is 0 Å². The average Bonchev–Trinajstić information content (AvgIpc) is 2.50. The minimum absolute atomic E-state index is 0.339. The molecule has 0 bridgehead atoms. The van der Waals surface area contributed by atoms with Crippen LogP contribution in [-0.4, -0.2) is 35.6 Å². The van der Waals surface area contributed by atoms with Crippen molar-refractivity contribution in [2.24, 2.45) is 0 Å². The van der Waals surface area contributed by atoms with Gasteiger partial charge < -0.3 is 10.0 Å². The molecule has 3 heteroatoms. The van der Waals surface area contributed by atoms with E-state index in [0.717, 1.165) is 12.8 Å². The molecule has 132 valence electrons. The fourth-order valence-corrected chi connectivity index (χ4v) is 2.77. The highest BCUT2D eigenvalue weighted by atomic mass is 16.4. The van der Waals surface area contributed by atoms with E-state index in [2.05, 4.69) is 18.7 Å². The van der Waals surface area contributed by atoms with E-state index in [-0.39, 0.29) is 0 Å². The molecule has 0 amide bonds. The smallest absolute Gasteiger partial charge is 0.303 e. The molecule has 0 aliphatic rings. The summed E-state index contributed by atoms with van der Waals surface area (Å²) in [6.45, 7) is 8.38. The van der Waals surface area contributed by atoms with Crippen LogP contribution >= 0.6 is 0 Å². The van der Waals surface area contributed by atoms with Crippen LogP contribution in [0.5, 0.6) is 0 Å². The first-order valence-corrected chi connectivity index (χ1v) is 9.64. The Morgan fingerprint density at radius 2 is 1.09 bits per heavy atom. The molecular weight excluding hydrogens is 274 g/mol. The Balaban J connectivity index is 3.38. The number of hydrogen-bond donors (Lipinski definition) is 1. The second kappa shape index (κ2) is 16.8. The van der Waals surface area contributed by atoms with Crippen molar-refractivity contribution in [3.05, 3.63) is 0 Å². The molecule has 0 aliphatic heterocycles. The third kappa shape index (κ3) is 15.8. The van der Waals surface area contributed by atoms with E-state index >= 15 is 0 Å². The maximum Gasteiger partial charge on any atom is 0.303 e. The number of aliphatic carboxylic acids is 1. The van der Waals surface area contributed by atoms with Gasteiger partial charge in [0.1, 0.15) is 0 Å². The van der Waals surface area contributed by atoms with Crippen LogP contribution in [0, 0.1) is 0 Å².